The predicted molar refractivity (Wildman–Crippen MR) is 64.7 cm³/mol. The molecule has 0 heterocycles. The van der Waals surface area contributed by atoms with E-state index >= 15 is 0 Å². The van der Waals surface area contributed by atoms with Crippen molar-refractivity contribution in [3.63, 3.8) is 0 Å². The molecule has 0 unspecified atom stereocenters. The lowest BCUT2D eigenvalue weighted by molar-refractivity contribution is 0.319. The van der Waals surface area contributed by atoms with Crippen molar-refractivity contribution in [3.8, 4) is 0 Å². The summed E-state index contributed by atoms with van der Waals surface area (Å²) in [5.74, 6) is 0.981. The van der Waals surface area contributed by atoms with Gasteiger partial charge in [0, 0.05) is 6.04 Å². The zero-order valence-electron chi connectivity index (χ0n) is 10.4. The van der Waals surface area contributed by atoms with Crippen molar-refractivity contribution < 1.29 is 0 Å². The molecule has 86 valence electrons. The third kappa shape index (κ3) is 7.34. The Bertz CT molecular complexity index is 105. The summed E-state index contributed by atoms with van der Waals surface area (Å²) in [6.07, 6.45) is 6.85. The minimum absolute atomic E-state index is 0.821. The summed E-state index contributed by atoms with van der Waals surface area (Å²) in [5.41, 5.74) is 0. The smallest absolute Gasteiger partial charge is 0.00642 e. The van der Waals surface area contributed by atoms with Crippen LogP contribution in [0.4, 0.5) is 0 Å². The molecule has 0 aliphatic heterocycles. The molecule has 1 aliphatic carbocycles. The van der Waals surface area contributed by atoms with Crippen molar-refractivity contribution in [2.75, 3.05) is 20.6 Å². The van der Waals surface area contributed by atoms with E-state index in [1.165, 1.54) is 32.1 Å². The molecule has 0 radical (unpaired) electrons. The summed E-state index contributed by atoms with van der Waals surface area (Å²) >= 11 is 0. The molecular weight excluding hydrogens is 172 g/mol. The van der Waals surface area contributed by atoms with Gasteiger partial charge in [0.15, 0.2) is 0 Å². The first-order chi connectivity index (χ1) is 6.74. The molecule has 0 amide bonds. The molecule has 0 atom stereocenters. The normalized spacial score (nSPS) is 26.6. The Morgan fingerprint density at radius 1 is 1.07 bits per heavy atom. The zero-order chi connectivity index (χ0) is 10.8. The summed E-state index contributed by atoms with van der Waals surface area (Å²) < 4.78 is 0. The highest BCUT2D eigenvalue weighted by Crippen LogP contribution is 2.22. The van der Waals surface area contributed by atoms with Crippen LogP contribution in [0.2, 0.25) is 0 Å². The standard InChI is InChI=1S/C8H17N.C4H11N/c1-7-3-5-8(9-2)6-4-7;1-3-4-5-2/h7-9H,3-6H2,1-2H3;5H,3-4H2,1-2H3. The highest BCUT2D eigenvalue weighted by Gasteiger charge is 2.15. The van der Waals surface area contributed by atoms with E-state index in [9.17, 15) is 0 Å². The fourth-order valence-corrected chi connectivity index (χ4v) is 1.80. The Morgan fingerprint density at radius 3 is 1.93 bits per heavy atom. The SMILES string of the molecule is CCCNC.CNC1CCC(C)CC1. The first-order valence-corrected chi connectivity index (χ1v) is 6.06. The van der Waals surface area contributed by atoms with E-state index in [0.29, 0.717) is 0 Å². The molecule has 0 spiro atoms. The van der Waals surface area contributed by atoms with E-state index in [-0.39, 0.29) is 0 Å². The van der Waals surface area contributed by atoms with Gasteiger partial charge in [-0.25, -0.2) is 0 Å². The minimum atomic E-state index is 0.821. The van der Waals surface area contributed by atoms with Gasteiger partial charge in [-0.05, 0) is 58.7 Å². The van der Waals surface area contributed by atoms with Crippen LogP contribution < -0.4 is 10.6 Å². The molecule has 0 saturated heterocycles. The average Bonchev–Trinajstić information content (AvgIpc) is 2.21. The van der Waals surface area contributed by atoms with Crippen molar-refractivity contribution in [2.24, 2.45) is 5.92 Å². The molecule has 0 aromatic heterocycles. The van der Waals surface area contributed by atoms with Gasteiger partial charge in [0.05, 0.1) is 0 Å². The van der Waals surface area contributed by atoms with Gasteiger partial charge in [-0.3, -0.25) is 0 Å². The Morgan fingerprint density at radius 2 is 1.64 bits per heavy atom. The third-order valence-corrected chi connectivity index (χ3v) is 2.92. The summed E-state index contributed by atoms with van der Waals surface area (Å²) in [7, 11) is 4.03. The van der Waals surface area contributed by atoms with Crippen molar-refractivity contribution in [1.82, 2.24) is 10.6 Å². The van der Waals surface area contributed by atoms with Gasteiger partial charge in [-0.15, -0.1) is 0 Å². The predicted octanol–water partition coefficient (Wildman–Crippen LogP) is 2.40. The van der Waals surface area contributed by atoms with Gasteiger partial charge in [-0.2, -0.15) is 0 Å². The second kappa shape index (κ2) is 9.47. The van der Waals surface area contributed by atoms with Crippen LogP contribution in [0.1, 0.15) is 46.0 Å². The number of hydrogen-bond acceptors (Lipinski definition) is 2. The van der Waals surface area contributed by atoms with Crippen LogP contribution in [-0.2, 0) is 0 Å². The van der Waals surface area contributed by atoms with Crippen molar-refractivity contribution >= 4 is 0 Å². The maximum Gasteiger partial charge on any atom is 0.00642 e. The lowest BCUT2D eigenvalue weighted by Gasteiger charge is -2.25. The Kier molecular flexibility index (Phi) is 9.42. The molecule has 0 aromatic carbocycles. The van der Waals surface area contributed by atoms with E-state index in [1.54, 1.807) is 0 Å². The molecule has 0 bridgehead atoms. The second-order valence-electron chi connectivity index (χ2n) is 4.35. The summed E-state index contributed by atoms with van der Waals surface area (Å²) in [5, 5.41) is 6.34. The van der Waals surface area contributed by atoms with Crippen molar-refractivity contribution in [2.45, 2.75) is 52.0 Å². The molecule has 1 aliphatic rings. The van der Waals surface area contributed by atoms with Crippen LogP contribution in [-0.4, -0.2) is 26.7 Å². The number of hydrogen-bond donors (Lipinski definition) is 2. The highest BCUT2D eigenvalue weighted by molar-refractivity contribution is 4.73. The maximum atomic E-state index is 3.32. The third-order valence-electron chi connectivity index (χ3n) is 2.92. The van der Waals surface area contributed by atoms with E-state index < -0.39 is 0 Å². The van der Waals surface area contributed by atoms with Gasteiger partial charge < -0.3 is 10.6 Å². The summed E-state index contributed by atoms with van der Waals surface area (Å²) in [4.78, 5) is 0. The molecule has 2 nitrogen and oxygen atoms in total. The van der Waals surface area contributed by atoms with Crippen molar-refractivity contribution in [1.29, 1.82) is 0 Å². The van der Waals surface area contributed by atoms with Gasteiger partial charge in [0.1, 0.15) is 0 Å². The van der Waals surface area contributed by atoms with E-state index in [2.05, 4.69) is 31.5 Å². The van der Waals surface area contributed by atoms with Crippen molar-refractivity contribution in [3.05, 3.63) is 0 Å². The van der Waals surface area contributed by atoms with E-state index in [1.807, 2.05) is 7.05 Å². The molecule has 14 heavy (non-hydrogen) atoms. The van der Waals surface area contributed by atoms with Gasteiger partial charge in [0.2, 0.25) is 0 Å². The quantitative estimate of drug-likeness (QED) is 0.731. The fraction of sp³-hybridized carbons (Fsp3) is 1.00. The Balaban J connectivity index is 0.000000292. The van der Waals surface area contributed by atoms with E-state index in [4.69, 9.17) is 0 Å². The van der Waals surface area contributed by atoms with E-state index in [0.717, 1.165) is 18.5 Å². The monoisotopic (exact) mass is 200 g/mol. The first-order valence-electron chi connectivity index (χ1n) is 6.06. The van der Waals surface area contributed by atoms with Crippen LogP contribution in [0.15, 0.2) is 0 Å². The van der Waals surface area contributed by atoms with Crippen LogP contribution >= 0.6 is 0 Å². The van der Waals surface area contributed by atoms with Gasteiger partial charge in [0.25, 0.3) is 0 Å². The number of rotatable bonds is 3. The number of nitrogens with one attached hydrogen (secondary N) is 2. The molecule has 2 N–H and O–H groups in total. The van der Waals surface area contributed by atoms with Crippen LogP contribution in [0.5, 0.6) is 0 Å². The van der Waals surface area contributed by atoms with Gasteiger partial charge >= 0.3 is 0 Å². The topological polar surface area (TPSA) is 24.1 Å². The second-order valence-corrected chi connectivity index (χ2v) is 4.35. The van der Waals surface area contributed by atoms with Crippen LogP contribution in [0.25, 0.3) is 0 Å². The fourth-order valence-electron chi connectivity index (χ4n) is 1.80. The maximum absolute atomic E-state index is 3.32. The minimum Gasteiger partial charge on any atom is -0.320 e. The lowest BCUT2D eigenvalue weighted by atomic mass is 9.87. The van der Waals surface area contributed by atoms with Crippen LogP contribution in [0.3, 0.4) is 0 Å². The van der Waals surface area contributed by atoms with Crippen LogP contribution in [0, 0.1) is 5.92 Å². The summed E-state index contributed by atoms with van der Waals surface area (Å²) in [6, 6.07) is 0.821. The van der Waals surface area contributed by atoms with Gasteiger partial charge in [-0.1, -0.05) is 13.8 Å². The zero-order valence-corrected chi connectivity index (χ0v) is 10.4. The average molecular weight is 200 g/mol. The molecule has 1 rings (SSSR count). The Hall–Kier alpha value is -0.0800. The Labute approximate surface area is 89.9 Å². The summed E-state index contributed by atoms with van der Waals surface area (Å²) in [6.45, 7) is 5.64. The molecule has 1 saturated carbocycles. The molecule has 0 aromatic rings. The largest absolute Gasteiger partial charge is 0.320 e. The molecular formula is C12H28N2. The molecule has 2 heteroatoms. The highest BCUT2D eigenvalue weighted by atomic mass is 14.9. The first kappa shape index (κ1) is 13.9. The lowest BCUT2D eigenvalue weighted by Crippen LogP contribution is -2.29. The molecule has 1 fully saturated rings.